The summed E-state index contributed by atoms with van der Waals surface area (Å²) in [5.74, 6) is 0.689. The zero-order valence-corrected chi connectivity index (χ0v) is 13.9. The molecule has 3 heterocycles. The van der Waals surface area contributed by atoms with E-state index in [1.54, 1.807) is 22.7 Å². The minimum Gasteiger partial charge on any atom is -0.227 e. The summed E-state index contributed by atoms with van der Waals surface area (Å²) in [5.41, 5.74) is 0.853. The SMILES string of the molecule is Clc1nc(-c2cc3sccc3s2)nc2cc(Br)ccc12. The molecule has 4 aromatic rings. The number of hydrogen-bond donors (Lipinski definition) is 0. The second kappa shape index (κ2) is 4.77. The van der Waals surface area contributed by atoms with Crippen LogP contribution in [0.4, 0.5) is 0 Å². The molecule has 0 bridgehead atoms. The maximum Gasteiger partial charge on any atom is 0.171 e. The highest BCUT2D eigenvalue weighted by Gasteiger charge is 2.11. The van der Waals surface area contributed by atoms with Gasteiger partial charge in [0.1, 0.15) is 5.15 Å². The van der Waals surface area contributed by atoms with Crippen LogP contribution in [0, 0.1) is 0 Å². The Morgan fingerprint density at radius 1 is 1.05 bits per heavy atom. The van der Waals surface area contributed by atoms with E-state index in [9.17, 15) is 0 Å². The van der Waals surface area contributed by atoms with Gasteiger partial charge in [-0.25, -0.2) is 9.97 Å². The van der Waals surface area contributed by atoms with Crippen molar-refractivity contribution in [3.8, 4) is 10.7 Å². The molecule has 0 aliphatic carbocycles. The molecule has 4 rings (SSSR count). The van der Waals surface area contributed by atoms with E-state index in [1.165, 1.54) is 9.40 Å². The van der Waals surface area contributed by atoms with Crippen LogP contribution in [0.2, 0.25) is 5.15 Å². The normalized spacial score (nSPS) is 11.5. The maximum absolute atomic E-state index is 6.28. The Morgan fingerprint density at radius 2 is 1.95 bits per heavy atom. The molecule has 0 amide bonds. The van der Waals surface area contributed by atoms with Crippen LogP contribution in [0.3, 0.4) is 0 Å². The third-order valence-corrected chi connectivity index (χ3v) is 5.84. The number of aromatic nitrogens is 2. The third kappa shape index (κ3) is 2.05. The van der Waals surface area contributed by atoms with Crippen LogP contribution >= 0.6 is 50.2 Å². The molecule has 0 unspecified atom stereocenters. The molecule has 0 atom stereocenters. The van der Waals surface area contributed by atoms with Crippen molar-refractivity contribution in [2.45, 2.75) is 0 Å². The Morgan fingerprint density at radius 3 is 2.80 bits per heavy atom. The zero-order valence-electron chi connectivity index (χ0n) is 9.93. The molecule has 20 heavy (non-hydrogen) atoms. The lowest BCUT2D eigenvalue weighted by molar-refractivity contribution is 1.24. The zero-order chi connectivity index (χ0) is 13.7. The van der Waals surface area contributed by atoms with Crippen molar-refractivity contribution in [2.75, 3.05) is 0 Å². The monoisotopic (exact) mass is 380 g/mol. The van der Waals surface area contributed by atoms with Gasteiger partial charge >= 0.3 is 0 Å². The standard InChI is InChI=1S/C14H6BrClN2S2/c15-7-1-2-8-9(5-7)17-14(18-13(8)16)12-6-11-10(20-12)3-4-19-11/h1-6H. The molecule has 0 N–H and O–H groups in total. The number of rotatable bonds is 1. The molecule has 3 aromatic heterocycles. The molecule has 0 saturated heterocycles. The number of halogens is 2. The van der Waals surface area contributed by atoms with Crippen molar-refractivity contribution >= 4 is 70.5 Å². The topological polar surface area (TPSA) is 25.8 Å². The molecular weight excluding hydrogens is 376 g/mol. The van der Waals surface area contributed by atoms with Crippen molar-refractivity contribution in [3.63, 3.8) is 0 Å². The van der Waals surface area contributed by atoms with Gasteiger partial charge < -0.3 is 0 Å². The van der Waals surface area contributed by atoms with Gasteiger partial charge in [-0.05, 0) is 35.7 Å². The van der Waals surface area contributed by atoms with E-state index in [-0.39, 0.29) is 0 Å². The first-order chi connectivity index (χ1) is 9.70. The first kappa shape index (κ1) is 12.7. The van der Waals surface area contributed by atoms with E-state index >= 15 is 0 Å². The first-order valence-corrected chi connectivity index (χ1v) is 8.67. The number of thiophene rings is 2. The van der Waals surface area contributed by atoms with Crippen LogP contribution in [0.5, 0.6) is 0 Å². The van der Waals surface area contributed by atoms with Gasteiger partial charge in [0.25, 0.3) is 0 Å². The van der Waals surface area contributed by atoms with Crippen molar-refractivity contribution in [1.82, 2.24) is 9.97 Å². The smallest absolute Gasteiger partial charge is 0.171 e. The van der Waals surface area contributed by atoms with Gasteiger partial charge in [0.15, 0.2) is 5.82 Å². The van der Waals surface area contributed by atoms with Crippen LogP contribution in [0.25, 0.3) is 31.0 Å². The van der Waals surface area contributed by atoms with Crippen molar-refractivity contribution in [1.29, 1.82) is 0 Å². The van der Waals surface area contributed by atoms with Gasteiger partial charge in [-0.3, -0.25) is 0 Å². The lowest BCUT2D eigenvalue weighted by atomic mass is 10.2. The average molecular weight is 382 g/mol. The Labute approximate surface area is 136 Å². The summed E-state index contributed by atoms with van der Waals surface area (Å²) in [6.07, 6.45) is 0. The highest BCUT2D eigenvalue weighted by Crippen LogP contribution is 2.36. The summed E-state index contributed by atoms with van der Waals surface area (Å²) in [4.78, 5) is 10.1. The number of benzene rings is 1. The summed E-state index contributed by atoms with van der Waals surface area (Å²) in [5, 5.41) is 3.46. The van der Waals surface area contributed by atoms with E-state index in [0.717, 1.165) is 20.3 Å². The van der Waals surface area contributed by atoms with Gasteiger partial charge in [-0.1, -0.05) is 27.5 Å². The molecule has 0 aliphatic rings. The molecule has 0 saturated carbocycles. The molecule has 6 heteroatoms. The molecule has 2 nitrogen and oxygen atoms in total. The summed E-state index contributed by atoms with van der Waals surface area (Å²) >= 11 is 13.2. The lowest BCUT2D eigenvalue weighted by Gasteiger charge is -2.03. The van der Waals surface area contributed by atoms with E-state index in [4.69, 9.17) is 11.6 Å². The molecule has 0 aliphatic heterocycles. The summed E-state index contributed by atoms with van der Waals surface area (Å²) in [7, 11) is 0. The Kier molecular flexibility index (Phi) is 3.03. The molecule has 0 radical (unpaired) electrons. The van der Waals surface area contributed by atoms with Gasteiger partial charge in [-0.15, -0.1) is 22.7 Å². The first-order valence-electron chi connectivity index (χ1n) is 5.81. The molecule has 98 valence electrons. The Balaban J connectivity index is 1.97. The number of hydrogen-bond acceptors (Lipinski definition) is 4. The van der Waals surface area contributed by atoms with Gasteiger partial charge in [0.2, 0.25) is 0 Å². The largest absolute Gasteiger partial charge is 0.227 e. The van der Waals surface area contributed by atoms with Gasteiger partial charge in [0, 0.05) is 19.3 Å². The van der Waals surface area contributed by atoms with Crippen LogP contribution in [0.1, 0.15) is 0 Å². The van der Waals surface area contributed by atoms with Crippen LogP contribution < -0.4 is 0 Å². The molecule has 0 fully saturated rings. The second-order valence-corrected chi connectivity index (χ2v) is 7.56. The predicted molar refractivity (Wildman–Crippen MR) is 90.9 cm³/mol. The minimum absolute atomic E-state index is 0.495. The quantitative estimate of drug-likeness (QED) is 0.378. The van der Waals surface area contributed by atoms with E-state index in [1.807, 2.05) is 18.2 Å². The fourth-order valence-electron chi connectivity index (χ4n) is 2.05. The fourth-order valence-corrected chi connectivity index (χ4v) is 4.68. The van der Waals surface area contributed by atoms with Crippen LogP contribution in [-0.2, 0) is 0 Å². The van der Waals surface area contributed by atoms with Gasteiger partial charge in [0.05, 0.1) is 10.4 Å². The maximum atomic E-state index is 6.28. The van der Waals surface area contributed by atoms with Crippen molar-refractivity contribution < 1.29 is 0 Å². The molecular formula is C14H6BrClN2S2. The Hall–Kier alpha value is -1.01. The summed E-state index contributed by atoms with van der Waals surface area (Å²) in [6, 6.07) is 10.1. The number of nitrogens with zero attached hydrogens (tertiary/aromatic N) is 2. The highest BCUT2D eigenvalue weighted by atomic mass is 79.9. The van der Waals surface area contributed by atoms with Crippen molar-refractivity contribution in [2.24, 2.45) is 0 Å². The summed E-state index contributed by atoms with van der Waals surface area (Å²) in [6.45, 7) is 0. The third-order valence-electron chi connectivity index (χ3n) is 2.97. The van der Waals surface area contributed by atoms with Gasteiger partial charge in [-0.2, -0.15) is 0 Å². The van der Waals surface area contributed by atoms with E-state index in [0.29, 0.717) is 11.0 Å². The van der Waals surface area contributed by atoms with Crippen molar-refractivity contribution in [3.05, 3.63) is 45.3 Å². The Bertz CT molecular complexity index is 916. The predicted octanol–water partition coefficient (Wildman–Crippen LogP) is 5.99. The lowest BCUT2D eigenvalue weighted by Crippen LogP contribution is -1.90. The fraction of sp³-hybridized carbons (Fsp3) is 0. The average Bonchev–Trinajstić information content (AvgIpc) is 2.98. The second-order valence-electron chi connectivity index (χ2n) is 4.26. The number of fused-ring (bicyclic) bond motifs is 2. The van der Waals surface area contributed by atoms with Crippen LogP contribution in [0.15, 0.2) is 40.2 Å². The minimum atomic E-state index is 0.495. The van der Waals surface area contributed by atoms with E-state index < -0.39 is 0 Å². The highest BCUT2D eigenvalue weighted by molar-refractivity contribution is 9.10. The summed E-state index contributed by atoms with van der Waals surface area (Å²) < 4.78 is 3.51. The van der Waals surface area contributed by atoms with E-state index in [2.05, 4.69) is 43.4 Å². The molecule has 1 aromatic carbocycles. The molecule has 0 spiro atoms. The van der Waals surface area contributed by atoms with Crippen LogP contribution in [-0.4, -0.2) is 9.97 Å².